The van der Waals surface area contributed by atoms with Crippen molar-refractivity contribution in [2.45, 2.75) is 50.2 Å². The van der Waals surface area contributed by atoms with E-state index < -0.39 is 10.0 Å². The first-order valence-electron chi connectivity index (χ1n) is 11.0. The highest BCUT2D eigenvalue weighted by molar-refractivity contribution is 7.88. The van der Waals surface area contributed by atoms with Crippen LogP contribution in [-0.2, 0) is 14.8 Å². The first-order valence-corrected chi connectivity index (χ1v) is 12.9. The molecule has 4 rings (SSSR count). The lowest BCUT2D eigenvalue weighted by atomic mass is 9.85. The van der Waals surface area contributed by atoms with Crippen molar-refractivity contribution in [1.82, 2.24) is 19.7 Å². The van der Waals surface area contributed by atoms with Crippen LogP contribution in [0.25, 0.3) is 0 Å². The van der Waals surface area contributed by atoms with Crippen LogP contribution >= 0.6 is 0 Å². The van der Waals surface area contributed by atoms with E-state index in [9.17, 15) is 8.42 Å². The molecule has 2 aliphatic rings. The van der Waals surface area contributed by atoms with E-state index in [-0.39, 0.29) is 18.1 Å². The van der Waals surface area contributed by atoms with Crippen molar-refractivity contribution in [2.75, 3.05) is 30.9 Å². The van der Waals surface area contributed by atoms with Crippen LogP contribution in [0.15, 0.2) is 43.0 Å². The standard InChI is InChI=1S/C22H31N5O3S/c1-31(28,29)26-20-9-13-27(22-4-2-3-10-25-22)15-18(20)16-30-19-7-5-17(6-8-19)21-14-23-11-12-24-21/h2-4,10-12,14,17-20,26H,5-9,13,15-16H2,1H3/t17?,18-,19?,20?/m0/s1. The number of sulfonamides is 1. The highest BCUT2D eigenvalue weighted by Gasteiger charge is 2.33. The molecular formula is C22H31N5O3S. The first kappa shape index (κ1) is 22.1. The summed E-state index contributed by atoms with van der Waals surface area (Å²) in [5, 5.41) is 0. The minimum atomic E-state index is -3.27. The maximum atomic E-state index is 11.9. The van der Waals surface area contributed by atoms with E-state index in [4.69, 9.17) is 4.74 Å². The number of piperidine rings is 1. The fourth-order valence-corrected chi connectivity index (χ4v) is 5.55. The third-order valence-electron chi connectivity index (χ3n) is 6.29. The van der Waals surface area contributed by atoms with Gasteiger partial charge in [-0.05, 0) is 44.2 Å². The van der Waals surface area contributed by atoms with E-state index in [1.54, 1.807) is 18.6 Å². The van der Waals surface area contributed by atoms with Gasteiger partial charge in [0.15, 0.2) is 0 Å². The lowest BCUT2D eigenvalue weighted by molar-refractivity contribution is -0.00233. The lowest BCUT2D eigenvalue weighted by Crippen LogP contribution is -2.52. The number of hydrogen-bond donors (Lipinski definition) is 1. The second-order valence-electron chi connectivity index (χ2n) is 8.62. The van der Waals surface area contributed by atoms with Crippen LogP contribution in [0.3, 0.4) is 0 Å². The topological polar surface area (TPSA) is 97.3 Å². The summed E-state index contributed by atoms with van der Waals surface area (Å²) in [5.74, 6) is 1.44. The molecule has 31 heavy (non-hydrogen) atoms. The Balaban J connectivity index is 1.34. The van der Waals surface area contributed by atoms with Crippen LogP contribution in [0, 0.1) is 5.92 Å². The van der Waals surface area contributed by atoms with Crippen molar-refractivity contribution in [2.24, 2.45) is 5.92 Å². The monoisotopic (exact) mass is 445 g/mol. The maximum absolute atomic E-state index is 11.9. The van der Waals surface area contributed by atoms with Gasteiger partial charge in [0.2, 0.25) is 10.0 Å². The molecule has 2 aromatic heterocycles. The van der Waals surface area contributed by atoms with E-state index in [2.05, 4.69) is 24.6 Å². The highest BCUT2D eigenvalue weighted by atomic mass is 32.2. The minimum absolute atomic E-state index is 0.0724. The molecule has 0 spiro atoms. The Morgan fingerprint density at radius 1 is 1.10 bits per heavy atom. The summed E-state index contributed by atoms with van der Waals surface area (Å²) in [6, 6.07) is 5.76. The van der Waals surface area contributed by atoms with Gasteiger partial charge in [0.05, 0.1) is 24.7 Å². The Kier molecular flexibility index (Phi) is 7.14. The second kappa shape index (κ2) is 10.0. The van der Waals surface area contributed by atoms with Gasteiger partial charge in [-0.3, -0.25) is 9.97 Å². The zero-order chi connectivity index (χ0) is 21.7. The molecule has 2 aromatic rings. The van der Waals surface area contributed by atoms with Gasteiger partial charge in [0.25, 0.3) is 0 Å². The van der Waals surface area contributed by atoms with Gasteiger partial charge in [-0.2, -0.15) is 0 Å². The molecule has 1 saturated carbocycles. The van der Waals surface area contributed by atoms with Crippen LogP contribution in [-0.4, -0.2) is 61.5 Å². The highest BCUT2D eigenvalue weighted by Crippen LogP contribution is 2.33. The van der Waals surface area contributed by atoms with Crippen molar-refractivity contribution in [3.63, 3.8) is 0 Å². The lowest BCUT2D eigenvalue weighted by Gasteiger charge is -2.40. The Bertz CT molecular complexity index is 921. The molecule has 3 heterocycles. The Hall–Kier alpha value is -2.10. The Morgan fingerprint density at radius 2 is 1.94 bits per heavy atom. The normalized spacial score (nSPS) is 27.2. The van der Waals surface area contributed by atoms with Gasteiger partial charge in [-0.15, -0.1) is 0 Å². The van der Waals surface area contributed by atoms with Crippen molar-refractivity contribution in [1.29, 1.82) is 0 Å². The number of pyridine rings is 1. The molecule has 2 atom stereocenters. The smallest absolute Gasteiger partial charge is 0.208 e. The second-order valence-corrected chi connectivity index (χ2v) is 10.4. The molecule has 0 aromatic carbocycles. The molecule has 0 radical (unpaired) electrons. The quantitative estimate of drug-likeness (QED) is 0.699. The summed E-state index contributed by atoms with van der Waals surface area (Å²) in [4.78, 5) is 15.3. The van der Waals surface area contributed by atoms with Gasteiger partial charge in [0, 0.05) is 55.8 Å². The molecular weight excluding hydrogens is 414 g/mol. The molecule has 0 bridgehead atoms. The van der Waals surface area contributed by atoms with Crippen LogP contribution in [0.4, 0.5) is 5.82 Å². The molecule has 1 aliphatic carbocycles. The minimum Gasteiger partial charge on any atom is -0.378 e. The van der Waals surface area contributed by atoms with Gasteiger partial charge >= 0.3 is 0 Å². The molecule has 1 saturated heterocycles. The molecule has 1 N–H and O–H groups in total. The van der Waals surface area contributed by atoms with Crippen molar-refractivity contribution in [3.8, 4) is 0 Å². The summed E-state index contributed by atoms with van der Waals surface area (Å²) < 4.78 is 32.9. The largest absolute Gasteiger partial charge is 0.378 e. The molecule has 0 amide bonds. The van der Waals surface area contributed by atoms with E-state index in [0.717, 1.165) is 56.7 Å². The summed E-state index contributed by atoms with van der Waals surface area (Å²) in [5.41, 5.74) is 1.07. The zero-order valence-corrected chi connectivity index (χ0v) is 18.7. The number of nitrogens with one attached hydrogen (secondary N) is 1. The number of aromatic nitrogens is 3. The number of nitrogens with zero attached hydrogens (tertiary/aromatic N) is 4. The SMILES string of the molecule is CS(=O)(=O)NC1CCN(c2ccccn2)C[C@H]1COC1CCC(c2cnccn2)CC1. The molecule has 2 fully saturated rings. The summed E-state index contributed by atoms with van der Waals surface area (Å²) >= 11 is 0. The summed E-state index contributed by atoms with van der Waals surface area (Å²) in [6.07, 6.45) is 13.3. The average molecular weight is 446 g/mol. The van der Waals surface area contributed by atoms with E-state index in [1.165, 1.54) is 6.26 Å². The molecule has 1 aliphatic heterocycles. The fourth-order valence-electron chi connectivity index (χ4n) is 4.69. The number of ether oxygens (including phenoxy) is 1. The van der Waals surface area contributed by atoms with Gasteiger partial charge in [-0.1, -0.05) is 6.07 Å². The van der Waals surface area contributed by atoms with Gasteiger partial charge < -0.3 is 9.64 Å². The molecule has 1 unspecified atom stereocenters. The summed E-state index contributed by atoms with van der Waals surface area (Å²) in [6.45, 7) is 2.03. The number of anilines is 1. The maximum Gasteiger partial charge on any atom is 0.208 e. The average Bonchev–Trinajstić information content (AvgIpc) is 2.79. The summed E-state index contributed by atoms with van der Waals surface area (Å²) in [7, 11) is -3.27. The van der Waals surface area contributed by atoms with Crippen LogP contribution in [0.1, 0.15) is 43.7 Å². The Labute approximate surface area is 184 Å². The Morgan fingerprint density at radius 3 is 2.61 bits per heavy atom. The van der Waals surface area contributed by atoms with Crippen molar-refractivity contribution >= 4 is 15.8 Å². The molecule has 168 valence electrons. The van der Waals surface area contributed by atoms with Crippen LogP contribution in [0.5, 0.6) is 0 Å². The third-order valence-corrected chi connectivity index (χ3v) is 7.03. The van der Waals surface area contributed by atoms with E-state index >= 15 is 0 Å². The predicted molar refractivity (Wildman–Crippen MR) is 119 cm³/mol. The van der Waals surface area contributed by atoms with Crippen molar-refractivity contribution in [3.05, 3.63) is 48.7 Å². The zero-order valence-electron chi connectivity index (χ0n) is 17.9. The van der Waals surface area contributed by atoms with E-state index in [1.807, 2.05) is 24.4 Å². The molecule has 8 nitrogen and oxygen atoms in total. The van der Waals surface area contributed by atoms with Crippen molar-refractivity contribution < 1.29 is 13.2 Å². The third kappa shape index (κ3) is 6.21. The van der Waals surface area contributed by atoms with Crippen LogP contribution in [0.2, 0.25) is 0 Å². The molecule has 9 heteroatoms. The number of rotatable bonds is 7. The van der Waals surface area contributed by atoms with E-state index in [0.29, 0.717) is 12.5 Å². The first-order chi connectivity index (χ1) is 15.0. The fraction of sp³-hybridized carbons (Fsp3) is 0.591. The van der Waals surface area contributed by atoms with Gasteiger partial charge in [-0.25, -0.2) is 18.1 Å². The van der Waals surface area contributed by atoms with Gasteiger partial charge in [0.1, 0.15) is 5.82 Å². The number of hydrogen-bond acceptors (Lipinski definition) is 7. The predicted octanol–water partition coefficient (Wildman–Crippen LogP) is 2.36. The van der Waals surface area contributed by atoms with Crippen LogP contribution < -0.4 is 9.62 Å².